The molecule has 0 spiro atoms. The zero-order valence-electron chi connectivity index (χ0n) is 12.2. The van der Waals surface area contributed by atoms with Crippen molar-refractivity contribution >= 4 is 18.3 Å². The van der Waals surface area contributed by atoms with Gasteiger partial charge in [-0.1, -0.05) is 20.8 Å². The fourth-order valence-electron chi connectivity index (χ4n) is 2.67. The second-order valence-electron chi connectivity index (χ2n) is 5.82. The first kappa shape index (κ1) is 17.7. The summed E-state index contributed by atoms with van der Waals surface area (Å²) in [5.41, 5.74) is 0. The van der Waals surface area contributed by atoms with Crippen LogP contribution in [0.25, 0.3) is 0 Å². The molecule has 1 rings (SSSR count). The summed E-state index contributed by atoms with van der Waals surface area (Å²) >= 11 is 0. The topological polar surface area (TPSA) is 41.1 Å². The number of nitrogens with one attached hydrogen (secondary N) is 2. The van der Waals surface area contributed by atoms with Crippen molar-refractivity contribution in [2.24, 2.45) is 17.8 Å². The van der Waals surface area contributed by atoms with Gasteiger partial charge in [0.1, 0.15) is 0 Å². The summed E-state index contributed by atoms with van der Waals surface area (Å²) < 4.78 is 0. The highest BCUT2D eigenvalue weighted by atomic mass is 35.5. The maximum atomic E-state index is 11.9. The van der Waals surface area contributed by atoms with Gasteiger partial charge in [-0.25, -0.2) is 0 Å². The van der Waals surface area contributed by atoms with E-state index in [1.54, 1.807) is 0 Å². The van der Waals surface area contributed by atoms with Crippen LogP contribution in [0, 0.1) is 17.8 Å². The molecule has 108 valence electrons. The molecule has 0 radical (unpaired) electrons. The lowest BCUT2D eigenvalue weighted by Crippen LogP contribution is -2.42. The van der Waals surface area contributed by atoms with Crippen LogP contribution in [0.2, 0.25) is 0 Å². The van der Waals surface area contributed by atoms with Crippen molar-refractivity contribution in [1.29, 1.82) is 0 Å². The molecule has 0 heterocycles. The third-order valence-corrected chi connectivity index (χ3v) is 4.02. The molecule has 18 heavy (non-hydrogen) atoms. The molecule has 0 aromatic carbocycles. The Kier molecular flexibility index (Phi) is 8.62. The van der Waals surface area contributed by atoms with E-state index in [0.717, 1.165) is 31.2 Å². The quantitative estimate of drug-likeness (QED) is 0.810. The van der Waals surface area contributed by atoms with Crippen molar-refractivity contribution in [3.05, 3.63) is 0 Å². The fraction of sp³-hybridized carbons (Fsp3) is 0.929. The molecule has 4 heteroatoms. The molecule has 1 atom stereocenters. The Morgan fingerprint density at radius 2 is 1.72 bits per heavy atom. The van der Waals surface area contributed by atoms with Crippen LogP contribution >= 0.6 is 12.4 Å². The van der Waals surface area contributed by atoms with E-state index < -0.39 is 0 Å². The predicted octanol–water partition coefficient (Wildman–Crippen LogP) is 2.59. The van der Waals surface area contributed by atoms with Gasteiger partial charge in [0.05, 0.1) is 0 Å². The molecule has 2 N–H and O–H groups in total. The number of rotatable bonds is 5. The number of halogens is 1. The minimum absolute atomic E-state index is 0. The lowest BCUT2D eigenvalue weighted by molar-refractivity contribution is -0.125. The Labute approximate surface area is 118 Å². The van der Waals surface area contributed by atoms with Gasteiger partial charge in [-0.3, -0.25) is 4.79 Å². The van der Waals surface area contributed by atoms with E-state index in [4.69, 9.17) is 0 Å². The van der Waals surface area contributed by atoms with Crippen LogP contribution in [0.15, 0.2) is 0 Å². The first-order chi connectivity index (χ1) is 8.04. The van der Waals surface area contributed by atoms with Crippen molar-refractivity contribution in [2.45, 2.75) is 52.5 Å². The lowest BCUT2D eigenvalue weighted by Gasteiger charge is -2.31. The SMILES string of the molecule is CNCC(C)C(=O)NC1CCC(C(C)C)CC1.Cl. The van der Waals surface area contributed by atoms with Gasteiger partial charge in [-0.2, -0.15) is 0 Å². The molecule has 1 unspecified atom stereocenters. The van der Waals surface area contributed by atoms with Crippen molar-refractivity contribution in [2.75, 3.05) is 13.6 Å². The number of amides is 1. The van der Waals surface area contributed by atoms with Crippen LogP contribution in [-0.2, 0) is 4.79 Å². The van der Waals surface area contributed by atoms with Crippen LogP contribution < -0.4 is 10.6 Å². The second-order valence-corrected chi connectivity index (χ2v) is 5.82. The van der Waals surface area contributed by atoms with Gasteiger partial charge in [0.25, 0.3) is 0 Å². The smallest absolute Gasteiger partial charge is 0.224 e. The average Bonchev–Trinajstić information content (AvgIpc) is 2.30. The zero-order chi connectivity index (χ0) is 12.8. The summed E-state index contributed by atoms with van der Waals surface area (Å²) in [7, 11) is 1.89. The van der Waals surface area contributed by atoms with E-state index >= 15 is 0 Å². The Bertz CT molecular complexity index is 238. The van der Waals surface area contributed by atoms with Gasteiger partial charge in [-0.05, 0) is 44.6 Å². The van der Waals surface area contributed by atoms with Crippen LogP contribution in [-0.4, -0.2) is 25.5 Å². The summed E-state index contributed by atoms with van der Waals surface area (Å²) in [6.45, 7) is 7.34. The van der Waals surface area contributed by atoms with Gasteiger partial charge in [0.15, 0.2) is 0 Å². The largest absolute Gasteiger partial charge is 0.353 e. The van der Waals surface area contributed by atoms with Crippen LogP contribution in [0.5, 0.6) is 0 Å². The summed E-state index contributed by atoms with van der Waals surface area (Å²) in [6, 6.07) is 0.414. The predicted molar refractivity (Wildman–Crippen MR) is 79.1 cm³/mol. The summed E-state index contributed by atoms with van der Waals surface area (Å²) in [5, 5.41) is 6.23. The monoisotopic (exact) mass is 276 g/mol. The van der Waals surface area contributed by atoms with Crippen LogP contribution in [0.1, 0.15) is 46.5 Å². The van der Waals surface area contributed by atoms with Crippen LogP contribution in [0.3, 0.4) is 0 Å². The van der Waals surface area contributed by atoms with Gasteiger partial charge in [-0.15, -0.1) is 12.4 Å². The highest BCUT2D eigenvalue weighted by Gasteiger charge is 2.25. The Morgan fingerprint density at radius 3 is 2.17 bits per heavy atom. The number of hydrogen-bond donors (Lipinski definition) is 2. The molecule has 3 nitrogen and oxygen atoms in total. The standard InChI is InChI=1S/C14H28N2O.ClH/c1-10(2)12-5-7-13(8-6-12)16-14(17)11(3)9-15-4;/h10-13,15H,5-9H2,1-4H3,(H,16,17);1H. The molecular formula is C14H29ClN2O. The zero-order valence-corrected chi connectivity index (χ0v) is 13.0. The van der Waals surface area contributed by atoms with E-state index in [1.165, 1.54) is 12.8 Å². The fourth-order valence-corrected chi connectivity index (χ4v) is 2.67. The van der Waals surface area contributed by atoms with Gasteiger partial charge >= 0.3 is 0 Å². The minimum Gasteiger partial charge on any atom is -0.353 e. The highest BCUT2D eigenvalue weighted by molar-refractivity contribution is 5.85. The van der Waals surface area contributed by atoms with E-state index in [-0.39, 0.29) is 24.2 Å². The molecule has 1 fully saturated rings. The van der Waals surface area contributed by atoms with Gasteiger partial charge in [0.2, 0.25) is 5.91 Å². The summed E-state index contributed by atoms with van der Waals surface area (Å²) in [5.74, 6) is 1.92. The Morgan fingerprint density at radius 1 is 1.17 bits per heavy atom. The van der Waals surface area contributed by atoms with Crippen molar-refractivity contribution in [1.82, 2.24) is 10.6 Å². The van der Waals surface area contributed by atoms with Crippen molar-refractivity contribution < 1.29 is 4.79 Å². The van der Waals surface area contributed by atoms with E-state index in [1.807, 2.05) is 14.0 Å². The molecule has 1 saturated carbocycles. The van der Waals surface area contributed by atoms with Crippen molar-refractivity contribution in [3.63, 3.8) is 0 Å². The van der Waals surface area contributed by atoms with Crippen molar-refractivity contribution in [3.8, 4) is 0 Å². The number of hydrogen-bond acceptors (Lipinski definition) is 2. The van der Waals surface area contributed by atoms with E-state index in [2.05, 4.69) is 24.5 Å². The van der Waals surface area contributed by atoms with E-state index in [0.29, 0.717) is 6.04 Å². The Hall–Kier alpha value is -0.280. The normalized spacial score (nSPS) is 25.4. The molecule has 0 saturated heterocycles. The average molecular weight is 277 g/mol. The molecule has 0 aliphatic heterocycles. The Balaban J connectivity index is 0.00000289. The van der Waals surface area contributed by atoms with Gasteiger partial charge in [0, 0.05) is 18.5 Å². The van der Waals surface area contributed by atoms with Gasteiger partial charge < -0.3 is 10.6 Å². The molecule has 0 bridgehead atoms. The summed E-state index contributed by atoms with van der Waals surface area (Å²) in [4.78, 5) is 11.9. The molecule has 0 aromatic rings. The molecule has 1 aliphatic carbocycles. The lowest BCUT2D eigenvalue weighted by atomic mass is 9.79. The second kappa shape index (κ2) is 8.76. The highest BCUT2D eigenvalue weighted by Crippen LogP contribution is 2.29. The number of carbonyl (C=O) groups excluding carboxylic acids is 1. The maximum absolute atomic E-state index is 11.9. The van der Waals surface area contributed by atoms with E-state index in [9.17, 15) is 4.79 Å². The molecular weight excluding hydrogens is 248 g/mol. The first-order valence-corrected chi connectivity index (χ1v) is 6.99. The third-order valence-electron chi connectivity index (χ3n) is 4.02. The number of carbonyl (C=O) groups is 1. The third kappa shape index (κ3) is 5.57. The molecule has 0 aromatic heterocycles. The first-order valence-electron chi connectivity index (χ1n) is 6.99. The van der Waals surface area contributed by atoms with Crippen LogP contribution in [0.4, 0.5) is 0 Å². The maximum Gasteiger partial charge on any atom is 0.224 e. The summed E-state index contributed by atoms with van der Waals surface area (Å²) in [6.07, 6.45) is 4.84. The molecule has 1 amide bonds. The molecule has 1 aliphatic rings. The minimum atomic E-state index is 0.